The summed E-state index contributed by atoms with van der Waals surface area (Å²) >= 11 is 5.36. The van der Waals surface area contributed by atoms with Gasteiger partial charge in [-0.1, -0.05) is 13.8 Å². The monoisotopic (exact) mass is 319 g/mol. The highest BCUT2D eigenvalue weighted by Gasteiger charge is 2.22. The van der Waals surface area contributed by atoms with Crippen molar-refractivity contribution >= 4 is 34.6 Å². The molecule has 1 aliphatic rings. The van der Waals surface area contributed by atoms with E-state index in [2.05, 4.69) is 24.5 Å². The molecule has 0 spiro atoms. The van der Waals surface area contributed by atoms with Gasteiger partial charge in [-0.3, -0.25) is 4.79 Å². The second-order valence-electron chi connectivity index (χ2n) is 5.76. The highest BCUT2D eigenvalue weighted by Crippen LogP contribution is 2.27. The second kappa shape index (κ2) is 7.58. The van der Waals surface area contributed by atoms with E-state index in [1.54, 1.807) is 0 Å². The molecule has 0 bridgehead atoms. The van der Waals surface area contributed by atoms with Gasteiger partial charge in [-0.05, 0) is 62.2 Å². The third-order valence-electron chi connectivity index (χ3n) is 4.14. The van der Waals surface area contributed by atoms with Crippen LogP contribution in [-0.2, 0) is 4.79 Å². The highest BCUT2D eigenvalue weighted by atomic mass is 32.1. The summed E-state index contributed by atoms with van der Waals surface area (Å²) in [6, 6.07) is 6.43. The lowest BCUT2D eigenvalue weighted by molar-refractivity contribution is -0.117. The number of nitrogens with one attached hydrogen (secondary N) is 2. The normalized spacial score (nSPS) is 14.5. The minimum absolute atomic E-state index is 0.217. The Morgan fingerprint density at radius 2 is 2.09 bits per heavy atom. The van der Waals surface area contributed by atoms with Crippen molar-refractivity contribution in [1.29, 1.82) is 0 Å². The zero-order chi connectivity index (χ0) is 16.1. The molecule has 1 heterocycles. The Morgan fingerprint density at radius 1 is 1.36 bits per heavy atom. The molecule has 1 aromatic rings. The van der Waals surface area contributed by atoms with Gasteiger partial charge in [0.1, 0.15) is 0 Å². The quantitative estimate of drug-likeness (QED) is 0.814. The van der Waals surface area contributed by atoms with E-state index >= 15 is 0 Å². The number of carbonyl (C=O) groups is 1. The molecule has 1 fully saturated rings. The molecule has 2 N–H and O–H groups in total. The Morgan fingerprint density at radius 3 is 2.64 bits per heavy atom. The number of anilines is 2. The summed E-state index contributed by atoms with van der Waals surface area (Å²) in [5.41, 5.74) is 3.05. The number of rotatable bonds is 5. The van der Waals surface area contributed by atoms with E-state index in [1.807, 2.05) is 30.0 Å². The lowest BCUT2D eigenvalue weighted by atomic mass is 10.1. The van der Waals surface area contributed by atoms with Gasteiger partial charge in [0.05, 0.1) is 0 Å². The summed E-state index contributed by atoms with van der Waals surface area (Å²) in [6.07, 6.45) is 3.70. The maximum Gasteiger partial charge on any atom is 0.227 e. The van der Waals surface area contributed by atoms with Crippen molar-refractivity contribution in [3.63, 3.8) is 0 Å². The van der Waals surface area contributed by atoms with Gasteiger partial charge in [-0.15, -0.1) is 0 Å². The van der Waals surface area contributed by atoms with E-state index in [0.29, 0.717) is 17.6 Å². The summed E-state index contributed by atoms with van der Waals surface area (Å²) < 4.78 is 0. The number of hydrogen-bond donors (Lipinski definition) is 2. The molecule has 22 heavy (non-hydrogen) atoms. The van der Waals surface area contributed by atoms with Crippen LogP contribution in [0.4, 0.5) is 11.4 Å². The number of amides is 1. The zero-order valence-corrected chi connectivity index (χ0v) is 14.4. The largest absolute Gasteiger partial charge is 0.360 e. The Bertz CT molecular complexity index is 555. The SMILES string of the molecule is CCC(CC)NC(=S)Nc1ccc(N2CCCC2=O)c(C)c1. The lowest BCUT2D eigenvalue weighted by Crippen LogP contribution is -2.36. The Labute approximate surface area is 138 Å². The van der Waals surface area contributed by atoms with Crippen LogP contribution < -0.4 is 15.5 Å². The van der Waals surface area contributed by atoms with Gasteiger partial charge in [0.25, 0.3) is 0 Å². The van der Waals surface area contributed by atoms with Crippen LogP contribution in [-0.4, -0.2) is 23.6 Å². The first-order chi connectivity index (χ1) is 10.5. The number of aryl methyl sites for hydroxylation is 1. The van der Waals surface area contributed by atoms with E-state index in [1.165, 1.54) is 0 Å². The average Bonchev–Trinajstić information content (AvgIpc) is 2.91. The van der Waals surface area contributed by atoms with Crippen molar-refractivity contribution in [2.45, 2.75) is 52.5 Å². The topological polar surface area (TPSA) is 44.4 Å². The van der Waals surface area contributed by atoms with Crippen LogP contribution in [0.25, 0.3) is 0 Å². The van der Waals surface area contributed by atoms with Crippen LogP contribution >= 0.6 is 12.2 Å². The molecule has 0 radical (unpaired) electrons. The Kier molecular flexibility index (Phi) is 5.77. The lowest BCUT2D eigenvalue weighted by Gasteiger charge is -2.21. The zero-order valence-electron chi connectivity index (χ0n) is 13.6. The van der Waals surface area contributed by atoms with E-state index < -0.39 is 0 Å². The van der Waals surface area contributed by atoms with Crippen molar-refractivity contribution in [3.05, 3.63) is 23.8 Å². The summed E-state index contributed by atoms with van der Waals surface area (Å²) in [5.74, 6) is 0.217. The van der Waals surface area contributed by atoms with Crippen LogP contribution in [0.3, 0.4) is 0 Å². The summed E-state index contributed by atoms with van der Waals surface area (Å²) in [7, 11) is 0. The van der Waals surface area contributed by atoms with Gasteiger partial charge in [0.2, 0.25) is 5.91 Å². The van der Waals surface area contributed by atoms with E-state index in [0.717, 1.165) is 42.7 Å². The number of benzene rings is 1. The van der Waals surface area contributed by atoms with Crippen LogP contribution in [0.2, 0.25) is 0 Å². The van der Waals surface area contributed by atoms with Gasteiger partial charge < -0.3 is 15.5 Å². The fraction of sp³-hybridized carbons (Fsp3) is 0.529. The summed E-state index contributed by atoms with van der Waals surface area (Å²) in [4.78, 5) is 13.7. The molecule has 0 saturated carbocycles. The fourth-order valence-electron chi connectivity index (χ4n) is 2.78. The van der Waals surface area contributed by atoms with E-state index in [-0.39, 0.29) is 5.91 Å². The number of nitrogens with zero attached hydrogens (tertiary/aromatic N) is 1. The first-order valence-corrected chi connectivity index (χ1v) is 8.44. The molecule has 1 aromatic carbocycles. The van der Waals surface area contributed by atoms with Gasteiger partial charge >= 0.3 is 0 Å². The van der Waals surface area contributed by atoms with Crippen LogP contribution in [0.15, 0.2) is 18.2 Å². The van der Waals surface area contributed by atoms with Crippen molar-refractivity contribution in [2.75, 3.05) is 16.8 Å². The van der Waals surface area contributed by atoms with Crippen LogP contribution in [0, 0.1) is 6.92 Å². The van der Waals surface area contributed by atoms with Gasteiger partial charge in [0, 0.05) is 30.4 Å². The third-order valence-corrected chi connectivity index (χ3v) is 4.36. The predicted octanol–water partition coefficient (Wildman–Crippen LogP) is 3.60. The predicted molar refractivity (Wildman–Crippen MR) is 96.5 cm³/mol. The molecule has 120 valence electrons. The van der Waals surface area contributed by atoms with E-state index in [9.17, 15) is 4.79 Å². The van der Waals surface area contributed by atoms with Gasteiger partial charge in [-0.2, -0.15) is 0 Å². The molecule has 1 amide bonds. The number of carbonyl (C=O) groups excluding carboxylic acids is 1. The molecule has 1 aliphatic heterocycles. The summed E-state index contributed by atoms with van der Waals surface area (Å²) in [6.45, 7) is 7.15. The first-order valence-electron chi connectivity index (χ1n) is 8.03. The standard InChI is InChI=1S/C17H25N3OS/c1-4-13(5-2)18-17(22)19-14-8-9-15(12(3)11-14)20-10-6-7-16(20)21/h8-9,11,13H,4-7,10H2,1-3H3,(H2,18,19,22). The van der Waals surface area contributed by atoms with Crippen LogP contribution in [0.5, 0.6) is 0 Å². The molecule has 0 aliphatic carbocycles. The third kappa shape index (κ3) is 3.97. The highest BCUT2D eigenvalue weighted by molar-refractivity contribution is 7.80. The maximum atomic E-state index is 11.9. The first kappa shape index (κ1) is 16.7. The van der Waals surface area contributed by atoms with Crippen LogP contribution in [0.1, 0.15) is 45.1 Å². The smallest absolute Gasteiger partial charge is 0.227 e. The minimum Gasteiger partial charge on any atom is -0.360 e. The van der Waals surface area contributed by atoms with Gasteiger partial charge in [-0.25, -0.2) is 0 Å². The van der Waals surface area contributed by atoms with Crippen molar-refractivity contribution in [1.82, 2.24) is 5.32 Å². The maximum absolute atomic E-state index is 11.9. The second-order valence-corrected chi connectivity index (χ2v) is 6.17. The van der Waals surface area contributed by atoms with Crippen molar-refractivity contribution in [2.24, 2.45) is 0 Å². The molecule has 5 heteroatoms. The molecule has 2 rings (SSSR count). The molecular weight excluding hydrogens is 294 g/mol. The summed E-state index contributed by atoms with van der Waals surface area (Å²) in [5, 5.41) is 7.20. The Balaban J connectivity index is 2.03. The number of hydrogen-bond acceptors (Lipinski definition) is 2. The molecule has 0 aromatic heterocycles. The van der Waals surface area contributed by atoms with E-state index in [4.69, 9.17) is 12.2 Å². The molecular formula is C17H25N3OS. The van der Waals surface area contributed by atoms with Crippen molar-refractivity contribution < 1.29 is 4.79 Å². The molecule has 1 saturated heterocycles. The molecule has 0 unspecified atom stereocenters. The fourth-order valence-corrected chi connectivity index (χ4v) is 3.07. The van der Waals surface area contributed by atoms with Gasteiger partial charge in [0.15, 0.2) is 5.11 Å². The number of thiocarbonyl (C=S) groups is 1. The average molecular weight is 319 g/mol. The van der Waals surface area contributed by atoms with Crippen molar-refractivity contribution in [3.8, 4) is 0 Å². The minimum atomic E-state index is 0.217. The Hall–Kier alpha value is -1.62. The molecule has 4 nitrogen and oxygen atoms in total. The molecule has 0 atom stereocenters.